The molecule has 0 bridgehead atoms. The molecule has 1 atom stereocenters. The van der Waals surface area contributed by atoms with E-state index < -0.39 is 0 Å². The molecule has 0 N–H and O–H groups in total. The van der Waals surface area contributed by atoms with Gasteiger partial charge in [0.2, 0.25) is 0 Å². The maximum Gasteiger partial charge on any atom is 0.111 e. The van der Waals surface area contributed by atoms with Gasteiger partial charge in [-0.1, -0.05) is 35.9 Å². The lowest BCUT2D eigenvalue weighted by Crippen LogP contribution is -2.11. The zero-order valence-electron chi connectivity index (χ0n) is 11.8. The van der Waals surface area contributed by atoms with Crippen molar-refractivity contribution in [1.29, 1.82) is 0 Å². The van der Waals surface area contributed by atoms with E-state index in [1.54, 1.807) is 0 Å². The summed E-state index contributed by atoms with van der Waals surface area (Å²) >= 11 is 11.9. The summed E-state index contributed by atoms with van der Waals surface area (Å²) in [6.07, 6.45) is 0.758. The molecule has 21 heavy (non-hydrogen) atoms. The average molecular weight is 319 g/mol. The Morgan fingerprint density at radius 1 is 1.10 bits per heavy atom. The van der Waals surface area contributed by atoms with Gasteiger partial charge in [-0.25, -0.2) is 4.98 Å². The van der Waals surface area contributed by atoms with Crippen LogP contribution in [0.2, 0.25) is 5.02 Å². The highest BCUT2D eigenvalue weighted by Gasteiger charge is 2.16. The summed E-state index contributed by atoms with van der Waals surface area (Å²) in [7, 11) is 0. The molecule has 3 aromatic rings. The first-order valence-electron chi connectivity index (χ1n) is 6.98. The van der Waals surface area contributed by atoms with Crippen LogP contribution in [0, 0.1) is 0 Å². The van der Waals surface area contributed by atoms with Crippen molar-refractivity contribution in [1.82, 2.24) is 9.55 Å². The molecule has 0 fully saturated rings. The summed E-state index contributed by atoms with van der Waals surface area (Å²) in [5.74, 6) is 1.59. The molecular formula is C17H16Cl2N2. The Hall–Kier alpha value is -1.51. The molecule has 0 saturated carbocycles. The van der Waals surface area contributed by atoms with Crippen LogP contribution in [0.3, 0.4) is 0 Å². The van der Waals surface area contributed by atoms with Crippen LogP contribution < -0.4 is 0 Å². The van der Waals surface area contributed by atoms with E-state index in [1.807, 2.05) is 30.3 Å². The van der Waals surface area contributed by atoms with Crippen molar-refractivity contribution in [3.8, 4) is 0 Å². The van der Waals surface area contributed by atoms with Gasteiger partial charge in [-0.05, 0) is 36.8 Å². The minimum atomic E-state index is 0.188. The molecule has 1 aromatic heterocycles. The van der Waals surface area contributed by atoms with Crippen LogP contribution in [0.4, 0.5) is 0 Å². The highest BCUT2D eigenvalue weighted by atomic mass is 35.5. The molecule has 1 unspecified atom stereocenters. The van der Waals surface area contributed by atoms with Gasteiger partial charge in [-0.15, -0.1) is 11.6 Å². The molecule has 108 valence electrons. The number of aromatic nitrogens is 2. The summed E-state index contributed by atoms with van der Waals surface area (Å²) < 4.78 is 2.26. The van der Waals surface area contributed by atoms with E-state index in [0.29, 0.717) is 5.88 Å². The second-order valence-electron chi connectivity index (χ2n) is 5.05. The number of imidazole rings is 1. The van der Waals surface area contributed by atoms with E-state index in [-0.39, 0.29) is 6.04 Å². The van der Waals surface area contributed by atoms with Crippen LogP contribution in [0.25, 0.3) is 11.0 Å². The van der Waals surface area contributed by atoms with Gasteiger partial charge in [-0.2, -0.15) is 0 Å². The Bertz CT molecular complexity index is 747. The third-order valence-corrected chi connectivity index (χ3v) is 4.17. The van der Waals surface area contributed by atoms with E-state index in [9.17, 15) is 0 Å². The van der Waals surface area contributed by atoms with Crippen LogP contribution in [0.15, 0.2) is 48.5 Å². The predicted molar refractivity (Wildman–Crippen MR) is 89.4 cm³/mol. The number of halogens is 2. The fourth-order valence-electron chi connectivity index (χ4n) is 2.68. The van der Waals surface area contributed by atoms with E-state index in [0.717, 1.165) is 28.3 Å². The average Bonchev–Trinajstić information content (AvgIpc) is 2.85. The Kier molecular flexibility index (Phi) is 4.18. The van der Waals surface area contributed by atoms with Gasteiger partial charge in [0.1, 0.15) is 5.82 Å². The number of para-hydroxylation sites is 2. The first kappa shape index (κ1) is 14.4. The van der Waals surface area contributed by atoms with Crippen molar-refractivity contribution >= 4 is 34.2 Å². The molecule has 2 nitrogen and oxygen atoms in total. The van der Waals surface area contributed by atoms with E-state index >= 15 is 0 Å². The minimum absolute atomic E-state index is 0.188. The van der Waals surface area contributed by atoms with Gasteiger partial charge in [0, 0.05) is 17.3 Å². The van der Waals surface area contributed by atoms with E-state index in [4.69, 9.17) is 28.2 Å². The van der Waals surface area contributed by atoms with Gasteiger partial charge in [0.15, 0.2) is 0 Å². The number of hydrogen-bond acceptors (Lipinski definition) is 1. The SMILES string of the molecule is CC(c1ccc(Cl)cc1)n1c(CCCl)nc2ccccc21. The summed E-state index contributed by atoms with van der Waals surface area (Å²) in [6, 6.07) is 16.4. The smallest absolute Gasteiger partial charge is 0.111 e. The number of hydrogen-bond donors (Lipinski definition) is 0. The largest absolute Gasteiger partial charge is 0.321 e. The van der Waals surface area contributed by atoms with Crippen molar-refractivity contribution in [3.63, 3.8) is 0 Å². The zero-order chi connectivity index (χ0) is 14.8. The molecule has 0 radical (unpaired) electrons. The summed E-state index contributed by atoms with van der Waals surface area (Å²) in [4.78, 5) is 4.72. The van der Waals surface area contributed by atoms with E-state index in [2.05, 4.69) is 29.7 Å². The van der Waals surface area contributed by atoms with Crippen LogP contribution in [0.1, 0.15) is 24.4 Å². The van der Waals surface area contributed by atoms with Crippen molar-refractivity contribution in [3.05, 3.63) is 64.9 Å². The van der Waals surface area contributed by atoms with Crippen molar-refractivity contribution in [2.24, 2.45) is 0 Å². The third kappa shape index (κ3) is 2.78. The lowest BCUT2D eigenvalue weighted by atomic mass is 10.1. The summed E-state index contributed by atoms with van der Waals surface area (Å²) in [5.41, 5.74) is 3.36. The normalized spacial score (nSPS) is 12.7. The Morgan fingerprint density at radius 3 is 2.52 bits per heavy atom. The highest BCUT2D eigenvalue weighted by Crippen LogP contribution is 2.27. The van der Waals surface area contributed by atoms with Gasteiger partial charge in [-0.3, -0.25) is 0 Å². The molecule has 0 aliphatic heterocycles. The van der Waals surface area contributed by atoms with Crippen LogP contribution >= 0.6 is 23.2 Å². The zero-order valence-corrected chi connectivity index (χ0v) is 13.3. The second kappa shape index (κ2) is 6.08. The molecule has 0 amide bonds. The molecule has 0 aliphatic carbocycles. The lowest BCUT2D eigenvalue weighted by molar-refractivity contribution is 0.624. The molecule has 0 saturated heterocycles. The van der Waals surface area contributed by atoms with Gasteiger partial charge >= 0.3 is 0 Å². The molecule has 2 aromatic carbocycles. The Labute approximate surface area is 134 Å². The number of benzene rings is 2. The fourth-order valence-corrected chi connectivity index (χ4v) is 2.97. The van der Waals surface area contributed by atoms with Crippen molar-refractivity contribution in [2.45, 2.75) is 19.4 Å². The first-order chi connectivity index (χ1) is 10.2. The predicted octanol–water partition coefficient (Wildman–Crippen LogP) is 5.08. The Balaban J connectivity index is 2.13. The van der Waals surface area contributed by atoms with Crippen LogP contribution in [-0.2, 0) is 6.42 Å². The quantitative estimate of drug-likeness (QED) is 0.613. The lowest BCUT2D eigenvalue weighted by Gasteiger charge is -2.18. The van der Waals surface area contributed by atoms with Crippen LogP contribution in [0.5, 0.6) is 0 Å². The number of alkyl halides is 1. The molecule has 0 aliphatic rings. The Morgan fingerprint density at radius 2 is 1.81 bits per heavy atom. The van der Waals surface area contributed by atoms with Gasteiger partial charge in [0.25, 0.3) is 0 Å². The molecule has 1 heterocycles. The fraction of sp³-hybridized carbons (Fsp3) is 0.235. The summed E-state index contributed by atoms with van der Waals surface area (Å²) in [5, 5.41) is 0.752. The second-order valence-corrected chi connectivity index (χ2v) is 5.87. The monoisotopic (exact) mass is 318 g/mol. The van der Waals surface area contributed by atoms with Gasteiger partial charge in [0.05, 0.1) is 17.1 Å². The number of fused-ring (bicyclic) bond motifs is 1. The third-order valence-electron chi connectivity index (χ3n) is 3.73. The molecule has 0 spiro atoms. The van der Waals surface area contributed by atoms with Crippen LogP contribution in [-0.4, -0.2) is 15.4 Å². The first-order valence-corrected chi connectivity index (χ1v) is 7.89. The van der Waals surface area contributed by atoms with Crippen molar-refractivity contribution in [2.75, 3.05) is 5.88 Å². The van der Waals surface area contributed by atoms with Gasteiger partial charge < -0.3 is 4.57 Å². The molecular weight excluding hydrogens is 303 g/mol. The topological polar surface area (TPSA) is 17.8 Å². The standard InChI is InChI=1S/C17H16Cl2N2/c1-12(13-6-8-14(19)9-7-13)21-16-5-3-2-4-15(16)20-17(21)10-11-18/h2-9,12H,10-11H2,1H3. The minimum Gasteiger partial charge on any atom is -0.321 e. The number of aryl methyl sites for hydroxylation is 1. The number of rotatable bonds is 4. The summed E-state index contributed by atoms with van der Waals surface area (Å²) in [6.45, 7) is 2.18. The maximum atomic E-state index is 5.98. The molecule has 3 rings (SSSR count). The highest BCUT2D eigenvalue weighted by molar-refractivity contribution is 6.30. The maximum absolute atomic E-state index is 5.98. The molecule has 4 heteroatoms. The van der Waals surface area contributed by atoms with E-state index in [1.165, 1.54) is 5.56 Å². The number of nitrogens with zero attached hydrogens (tertiary/aromatic N) is 2. The van der Waals surface area contributed by atoms with Crippen molar-refractivity contribution < 1.29 is 0 Å².